The molecular formula is C9H9F4N3O. The van der Waals surface area contributed by atoms with E-state index in [9.17, 15) is 17.6 Å². The SMILES string of the molecule is NC(N)=Nc1cccc(OC(F)(F)C(F)F)c1. The van der Waals surface area contributed by atoms with E-state index >= 15 is 0 Å². The first-order valence-electron chi connectivity index (χ1n) is 4.36. The van der Waals surface area contributed by atoms with Crippen molar-refractivity contribution in [2.45, 2.75) is 12.5 Å². The third kappa shape index (κ3) is 3.82. The van der Waals surface area contributed by atoms with Gasteiger partial charge >= 0.3 is 12.5 Å². The largest absolute Gasteiger partial charge is 0.461 e. The molecule has 0 bridgehead atoms. The lowest BCUT2D eigenvalue weighted by Gasteiger charge is -2.16. The van der Waals surface area contributed by atoms with Gasteiger partial charge in [0.1, 0.15) is 5.75 Å². The average Bonchev–Trinajstić information content (AvgIpc) is 2.15. The van der Waals surface area contributed by atoms with Crippen LogP contribution in [-0.4, -0.2) is 18.5 Å². The number of aliphatic imine (C=N–C) groups is 1. The van der Waals surface area contributed by atoms with Gasteiger partial charge in [0, 0.05) is 6.07 Å². The smallest absolute Gasteiger partial charge is 0.428 e. The number of benzene rings is 1. The molecule has 0 aliphatic rings. The van der Waals surface area contributed by atoms with Crippen molar-refractivity contribution in [1.82, 2.24) is 0 Å². The number of ether oxygens (including phenoxy) is 1. The average molecular weight is 251 g/mol. The lowest BCUT2D eigenvalue weighted by molar-refractivity contribution is -0.253. The molecule has 0 amide bonds. The van der Waals surface area contributed by atoms with Gasteiger partial charge in [-0.2, -0.15) is 17.6 Å². The lowest BCUT2D eigenvalue weighted by atomic mass is 10.3. The molecule has 1 aromatic rings. The maximum atomic E-state index is 12.6. The second-order valence-electron chi connectivity index (χ2n) is 3.00. The number of nitrogens with two attached hydrogens (primary N) is 2. The molecule has 0 fully saturated rings. The summed E-state index contributed by atoms with van der Waals surface area (Å²) in [5.74, 6) is -0.749. The predicted octanol–water partition coefficient (Wildman–Crippen LogP) is 1.83. The Bertz CT molecular complexity index is 418. The normalized spacial score (nSPS) is 11.4. The fourth-order valence-corrected chi connectivity index (χ4v) is 0.967. The van der Waals surface area contributed by atoms with Gasteiger partial charge in [-0.1, -0.05) is 6.07 Å². The summed E-state index contributed by atoms with van der Waals surface area (Å²) < 4.78 is 52.7. The Kier molecular flexibility index (Phi) is 3.77. The lowest BCUT2D eigenvalue weighted by Crippen LogP contribution is -2.33. The van der Waals surface area contributed by atoms with E-state index in [1.807, 2.05) is 0 Å². The van der Waals surface area contributed by atoms with Crippen LogP contribution < -0.4 is 16.2 Å². The van der Waals surface area contributed by atoms with E-state index in [4.69, 9.17) is 11.5 Å². The van der Waals surface area contributed by atoms with Crippen LogP contribution in [0.5, 0.6) is 5.75 Å². The highest BCUT2D eigenvalue weighted by Crippen LogP contribution is 2.29. The van der Waals surface area contributed by atoms with Gasteiger partial charge in [0.25, 0.3) is 0 Å². The van der Waals surface area contributed by atoms with Crippen molar-refractivity contribution in [2.24, 2.45) is 16.5 Å². The van der Waals surface area contributed by atoms with Crippen LogP contribution in [0.2, 0.25) is 0 Å². The number of alkyl halides is 4. The van der Waals surface area contributed by atoms with Gasteiger partial charge < -0.3 is 16.2 Å². The van der Waals surface area contributed by atoms with Crippen molar-refractivity contribution in [2.75, 3.05) is 0 Å². The van der Waals surface area contributed by atoms with Gasteiger partial charge in [0.15, 0.2) is 5.96 Å². The second-order valence-corrected chi connectivity index (χ2v) is 3.00. The highest BCUT2D eigenvalue weighted by molar-refractivity contribution is 5.79. The quantitative estimate of drug-likeness (QED) is 0.487. The Morgan fingerprint density at radius 3 is 2.47 bits per heavy atom. The van der Waals surface area contributed by atoms with Gasteiger partial charge in [0.05, 0.1) is 5.69 Å². The summed E-state index contributed by atoms with van der Waals surface area (Å²) in [7, 11) is 0. The van der Waals surface area contributed by atoms with Gasteiger partial charge in [-0.3, -0.25) is 0 Å². The Balaban J connectivity index is 2.90. The van der Waals surface area contributed by atoms with Crippen molar-refractivity contribution in [3.63, 3.8) is 0 Å². The van der Waals surface area contributed by atoms with E-state index in [2.05, 4.69) is 9.73 Å². The third-order valence-electron chi connectivity index (χ3n) is 1.58. The molecule has 0 saturated heterocycles. The minimum absolute atomic E-state index is 0.118. The summed E-state index contributed by atoms with van der Waals surface area (Å²) >= 11 is 0. The molecule has 0 spiro atoms. The molecule has 4 N–H and O–H groups in total. The second kappa shape index (κ2) is 4.89. The molecular weight excluding hydrogens is 242 g/mol. The van der Waals surface area contributed by atoms with E-state index in [-0.39, 0.29) is 11.6 Å². The van der Waals surface area contributed by atoms with Crippen LogP contribution in [0.15, 0.2) is 29.3 Å². The number of nitrogens with zero attached hydrogens (tertiary/aromatic N) is 1. The van der Waals surface area contributed by atoms with Crippen LogP contribution in [0, 0.1) is 0 Å². The highest BCUT2D eigenvalue weighted by Gasteiger charge is 2.43. The van der Waals surface area contributed by atoms with Gasteiger partial charge in [0.2, 0.25) is 0 Å². The first-order valence-corrected chi connectivity index (χ1v) is 4.36. The number of halogens is 4. The number of rotatable bonds is 4. The van der Waals surface area contributed by atoms with Crippen molar-refractivity contribution >= 4 is 11.6 Å². The van der Waals surface area contributed by atoms with Crippen LogP contribution in [0.3, 0.4) is 0 Å². The van der Waals surface area contributed by atoms with E-state index in [1.54, 1.807) is 0 Å². The Morgan fingerprint density at radius 2 is 1.94 bits per heavy atom. The molecule has 0 aliphatic carbocycles. The summed E-state index contributed by atoms with van der Waals surface area (Å²) in [6, 6.07) is 4.78. The Labute approximate surface area is 93.9 Å². The Hall–Kier alpha value is -1.99. The molecule has 1 aromatic carbocycles. The Morgan fingerprint density at radius 1 is 1.29 bits per heavy atom. The molecule has 17 heavy (non-hydrogen) atoms. The maximum Gasteiger partial charge on any atom is 0.461 e. The molecule has 0 aliphatic heterocycles. The van der Waals surface area contributed by atoms with Crippen molar-refractivity contribution in [3.8, 4) is 5.75 Å². The fraction of sp³-hybridized carbons (Fsp3) is 0.222. The molecule has 94 valence electrons. The van der Waals surface area contributed by atoms with Crippen LogP contribution >= 0.6 is 0 Å². The molecule has 0 aromatic heterocycles. The van der Waals surface area contributed by atoms with E-state index in [0.29, 0.717) is 0 Å². The molecule has 0 heterocycles. The third-order valence-corrected chi connectivity index (χ3v) is 1.58. The van der Waals surface area contributed by atoms with E-state index < -0.39 is 18.3 Å². The minimum Gasteiger partial charge on any atom is -0.428 e. The standard InChI is InChI=1S/C9H9F4N3O/c10-7(11)9(12,13)17-6-3-1-2-5(4-6)16-8(14)15/h1-4,7H,(H4,14,15,16). The molecule has 0 atom stereocenters. The van der Waals surface area contributed by atoms with Crippen LogP contribution in [0.4, 0.5) is 23.2 Å². The van der Waals surface area contributed by atoms with Gasteiger partial charge in [-0.05, 0) is 12.1 Å². The number of guanidine groups is 1. The van der Waals surface area contributed by atoms with Crippen LogP contribution in [-0.2, 0) is 0 Å². The molecule has 1 rings (SSSR count). The summed E-state index contributed by atoms with van der Waals surface area (Å²) in [6.07, 6.45) is -8.48. The minimum atomic E-state index is -4.56. The summed E-state index contributed by atoms with van der Waals surface area (Å²) in [5, 5.41) is 0. The number of hydrogen-bond donors (Lipinski definition) is 2. The van der Waals surface area contributed by atoms with Crippen molar-refractivity contribution in [3.05, 3.63) is 24.3 Å². The van der Waals surface area contributed by atoms with Gasteiger partial charge in [-0.25, -0.2) is 4.99 Å². The summed E-state index contributed by atoms with van der Waals surface area (Å²) in [4.78, 5) is 3.55. The molecule has 0 saturated carbocycles. The van der Waals surface area contributed by atoms with Crippen molar-refractivity contribution in [1.29, 1.82) is 0 Å². The molecule has 0 unspecified atom stereocenters. The maximum absolute atomic E-state index is 12.6. The topological polar surface area (TPSA) is 73.6 Å². The zero-order valence-electron chi connectivity index (χ0n) is 8.41. The van der Waals surface area contributed by atoms with Crippen LogP contribution in [0.25, 0.3) is 0 Å². The van der Waals surface area contributed by atoms with Gasteiger partial charge in [-0.15, -0.1) is 0 Å². The molecule has 8 heteroatoms. The fourth-order valence-electron chi connectivity index (χ4n) is 0.967. The first kappa shape index (κ1) is 13.1. The first-order chi connectivity index (χ1) is 7.81. The number of hydrogen-bond acceptors (Lipinski definition) is 2. The predicted molar refractivity (Wildman–Crippen MR) is 53.5 cm³/mol. The summed E-state index contributed by atoms with van der Waals surface area (Å²) in [5.41, 5.74) is 10.3. The zero-order valence-corrected chi connectivity index (χ0v) is 8.41. The van der Waals surface area contributed by atoms with Crippen LogP contribution in [0.1, 0.15) is 0 Å². The monoisotopic (exact) mass is 251 g/mol. The highest BCUT2D eigenvalue weighted by atomic mass is 19.3. The molecule has 4 nitrogen and oxygen atoms in total. The summed E-state index contributed by atoms with van der Waals surface area (Å²) in [6.45, 7) is 0. The molecule has 0 radical (unpaired) electrons. The zero-order chi connectivity index (χ0) is 13.1. The van der Waals surface area contributed by atoms with E-state index in [1.165, 1.54) is 12.1 Å². The van der Waals surface area contributed by atoms with E-state index in [0.717, 1.165) is 12.1 Å². The van der Waals surface area contributed by atoms with Crippen molar-refractivity contribution < 1.29 is 22.3 Å².